The topological polar surface area (TPSA) is 70.1 Å². The van der Waals surface area contributed by atoms with Gasteiger partial charge < -0.3 is 15.4 Å². The second-order valence-corrected chi connectivity index (χ2v) is 6.07. The maximum atomic E-state index is 10.2. The molecule has 1 N–H and O–H groups in total. The number of rotatable bonds is 16. The summed E-state index contributed by atoms with van der Waals surface area (Å²) in [6.45, 7) is 2.27. The van der Waals surface area contributed by atoms with Crippen LogP contribution in [0.25, 0.3) is 0 Å². The first kappa shape index (κ1) is 32.0. The van der Waals surface area contributed by atoms with Gasteiger partial charge in [0, 0.05) is 5.97 Å². The number of carbonyl (C=O) groups excluding carboxylic acids is 1. The Balaban J connectivity index is -0.000000602. The van der Waals surface area contributed by atoms with E-state index < -0.39 is 5.97 Å². The predicted molar refractivity (Wildman–Crippen MR) is 92.2 cm³/mol. The molecule has 0 bridgehead atoms. The van der Waals surface area contributed by atoms with Gasteiger partial charge in [0.2, 0.25) is 0 Å². The van der Waals surface area contributed by atoms with Crippen molar-refractivity contribution >= 4 is 43.7 Å². The van der Waals surface area contributed by atoms with E-state index in [9.17, 15) is 9.90 Å². The Morgan fingerprint density at radius 2 is 0.913 bits per heavy atom. The SMILES string of the molecule is CCCCCCCCCCCCCCCCCC(=O)[O-].[Ca+2].[OH-].[Zn+2]. The summed E-state index contributed by atoms with van der Waals surface area (Å²) in [4.78, 5) is 10.2. The maximum Gasteiger partial charge on any atom is 2.00 e. The van der Waals surface area contributed by atoms with Gasteiger partial charge in [-0.1, -0.05) is 96.8 Å². The summed E-state index contributed by atoms with van der Waals surface area (Å²) >= 11 is 0. The van der Waals surface area contributed by atoms with Gasteiger partial charge in [-0.25, -0.2) is 0 Å². The zero-order valence-electron chi connectivity index (χ0n) is 15.5. The van der Waals surface area contributed by atoms with Crippen molar-refractivity contribution < 1.29 is 34.9 Å². The van der Waals surface area contributed by atoms with Crippen molar-refractivity contribution in [3.05, 3.63) is 0 Å². The van der Waals surface area contributed by atoms with Crippen LogP contribution >= 0.6 is 0 Å². The third-order valence-electron chi connectivity index (χ3n) is 3.98. The van der Waals surface area contributed by atoms with E-state index in [2.05, 4.69) is 6.92 Å². The molecule has 0 saturated carbocycles. The Labute approximate surface area is 186 Å². The molecule has 0 radical (unpaired) electrons. The minimum Gasteiger partial charge on any atom is -0.870 e. The first-order valence-corrected chi connectivity index (χ1v) is 8.97. The van der Waals surface area contributed by atoms with Crippen LogP contribution in [-0.4, -0.2) is 49.2 Å². The minimum absolute atomic E-state index is 0. The molecule has 0 saturated heterocycles. The Morgan fingerprint density at radius 1 is 0.652 bits per heavy atom. The molecule has 0 aromatic rings. The van der Waals surface area contributed by atoms with Crippen molar-refractivity contribution in [3.63, 3.8) is 0 Å². The van der Waals surface area contributed by atoms with E-state index in [0.717, 1.165) is 12.8 Å². The maximum absolute atomic E-state index is 10.2. The number of carboxylic acid groups (broad SMARTS) is 1. The summed E-state index contributed by atoms with van der Waals surface area (Å²) in [6, 6.07) is 0. The zero-order valence-corrected chi connectivity index (χ0v) is 20.7. The molecule has 0 aliphatic heterocycles. The number of hydrogen-bond donors (Lipinski definition) is 0. The fourth-order valence-corrected chi connectivity index (χ4v) is 2.64. The van der Waals surface area contributed by atoms with Crippen molar-refractivity contribution in [2.75, 3.05) is 0 Å². The van der Waals surface area contributed by atoms with Crippen molar-refractivity contribution in [2.24, 2.45) is 0 Å². The normalized spacial score (nSPS) is 9.43. The third kappa shape index (κ3) is 31.6. The quantitative estimate of drug-likeness (QED) is 0.281. The molecule has 5 heteroatoms. The van der Waals surface area contributed by atoms with Crippen molar-refractivity contribution in [1.29, 1.82) is 0 Å². The number of hydrogen-bond acceptors (Lipinski definition) is 3. The minimum atomic E-state index is -0.903. The van der Waals surface area contributed by atoms with E-state index in [4.69, 9.17) is 0 Å². The largest absolute Gasteiger partial charge is 2.00 e. The average molecular weight is 406 g/mol. The average Bonchev–Trinajstić information content (AvgIpc) is 2.43. The summed E-state index contributed by atoms with van der Waals surface area (Å²) < 4.78 is 0. The molecule has 0 heterocycles. The van der Waals surface area contributed by atoms with Gasteiger partial charge in [0.15, 0.2) is 0 Å². The second kappa shape index (κ2) is 28.1. The van der Waals surface area contributed by atoms with E-state index in [-0.39, 0.29) is 69.1 Å². The Bertz CT molecular complexity index is 216. The van der Waals surface area contributed by atoms with E-state index in [0.29, 0.717) is 0 Å². The summed E-state index contributed by atoms with van der Waals surface area (Å²) in [7, 11) is 0. The molecule has 0 aromatic heterocycles. The van der Waals surface area contributed by atoms with Crippen LogP contribution in [0.2, 0.25) is 0 Å². The van der Waals surface area contributed by atoms with Crippen LogP contribution in [0.1, 0.15) is 110 Å². The van der Waals surface area contributed by atoms with Crippen molar-refractivity contribution in [1.82, 2.24) is 0 Å². The van der Waals surface area contributed by atoms with Crippen molar-refractivity contribution in [3.8, 4) is 0 Å². The van der Waals surface area contributed by atoms with Gasteiger partial charge in [0.05, 0.1) is 0 Å². The molecule has 0 rings (SSSR count). The summed E-state index contributed by atoms with van der Waals surface area (Å²) in [5.74, 6) is -0.903. The number of carboxylic acids is 1. The van der Waals surface area contributed by atoms with E-state index >= 15 is 0 Å². The van der Waals surface area contributed by atoms with Crippen LogP contribution in [0.15, 0.2) is 0 Å². The predicted octanol–water partition coefficient (Wildman–Crippen LogP) is 4.44. The van der Waals surface area contributed by atoms with E-state index in [1.54, 1.807) is 0 Å². The van der Waals surface area contributed by atoms with Crippen molar-refractivity contribution in [2.45, 2.75) is 110 Å². The number of carbonyl (C=O) groups is 1. The van der Waals surface area contributed by atoms with Gasteiger partial charge in [0.25, 0.3) is 0 Å². The fourth-order valence-electron chi connectivity index (χ4n) is 2.64. The van der Waals surface area contributed by atoms with Crippen LogP contribution in [0, 0.1) is 0 Å². The molecule has 0 spiro atoms. The fraction of sp³-hybridized carbons (Fsp3) is 0.944. The van der Waals surface area contributed by atoms with Crippen LogP contribution in [0.3, 0.4) is 0 Å². The van der Waals surface area contributed by atoms with Crippen LogP contribution in [0.5, 0.6) is 0 Å². The molecule has 0 aromatic carbocycles. The monoisotopic (exact) mass is 404 g/mol. The van der Waals surface area contributed by atoms with Gasteiger partial charge in [-0.2, -0.15) is 0 Å². The number of unbranched alkanes of at least 4 members (excludes halogenated alkanes) is 14. The van der Waals surface area contributed by atoms with E-state index in [1.807, 2.05) is 0 Å². The van der Waals surface area contributed by atoms with Gasteiger partial charge in [-0.3, -0.25) is 0 Å². The summed E-state index contributed by atoms with van der Waals surface area (Å²) in [5.41, 5.74) is 0. The Morgan fingerprint density at radius 3 is 1.17 bits per heavy atom. The molecule has 128 valence electrons. The molecule has 0 fully saturated rings. The van der Waals surface area contributed by atoms with Gasteiger partial charge in [-0.15, -0.1) is 0 Å². The number of aliphatic carboxylic acids is 1. The smallest absolute Gasteiger partial charge is 0.870 e. The molecule has 0 atom stereocenters. The molecule has 23 heavy (non-hydrogen) atoms. The Hall–Kier alpha value is 1.31. The van der Waals surface area contributed by atoms with E-state index in [1.165, 1.54) is 83.5 Å². The molecule has 0 aliphatic carbocycles. The summed E-state index contributed by atoms with van der Waals surface area (Å²) in [5, 5.41) is 10.2. The molecular weight excluding hydrogens is 370 g/mol. The molecule has 0 unspecified atom stereocenters. The first-order chi connectivity index (χ1) is 9.77. The van der Waals surface area contributed by atoms with Crippen LogP contribution in [-0.2, 0) is 24.3 Å². The standard InChI is InChI=1S/C18H36O2.Ca.H2O.Zn/c1-2-3-4-5-6-7-8-9-10-11-12-13-14-15-16-17-18(19)20;;;/h2-17H2,1H3,(H,19,20);;1H2;/q;+2;;+2/p-2. The second-order valence-electron chi connectivity index (χ2n) is 6.07. The van der Waals surface area contributed by atoms with Gasteiger partial charge in [0.1, 0.15) is 0 Å². The van der Waals surface area contributed by atoms with Crippen LogP contribution < -0.4 is 5.11 Å². The molecule has 3 nitrogen and oxygen atoms in total. The van der Waals surface area contributed by atoms with Crippen LogP contribution in [0.4, 0.5) is 0 Å². The summed E-state index contributed by atoms with van der Waals surface area (Å²) in [6.07, 6.45) is 19.9. The zero-order chi connectivity index (χ0) is 14.9. The molecule has 0 aliphatic rings. The van der Waals surface area contributed by atoms with Gasteiger partial charge in [-0.05, 0) is 12.8 Å². The Kier molecular flexibility index (Phi) is 39.2. The van der Waals surface area contributed by atoms with Gasteiger partial charge >= 0.3 is 57.2 Å². The third-order valence-corrected chi connectivity index (χ3v) is 3.98. The molecular formula is C18H36CaO3Zn+2. The molecule has 0 amide bonds. The first-order valence-electron chi connectivity index (χ1n) is 8.97.